The number of nitrogens with one attached hydrogen (secondary N) is 1. The van der Waals surface area contributed by atoms with Gasteiger partial charge in [0.1, 0.15) is 12.7 Å². The normalized spacial score (nSPS) is 22.6. The van der Waals surface area contributed by atoms with Gasteiger partial charge in [-0.3, -0.25) is 0 Å². The third kappa shape index (κ3) is 3.13. The Morgan fingerprint density at radius 3 is 2.74 bits per heavy atom. The van der Waals surface area contributed by atoms with Gasteiger partial charge in [0.05, 0.1) is 6.54 Å². The quantitative estimate of drug-likeness (QED) is 0.914. The maximum absolute atomic E-state index is 4.12. The Morgan fingerprint density at radius 2 is 2.11 bits per heavy atom. The molecule has 0 aliphatic heterocycles. The van der Waals surface area contributed by atoms with E-state index in [1.165, 1.54) is 30.5 Å². The fourth-order valence-corrected chi connectivity index (χ4v) is 2.78. The van der Waals surface area contributed by atoms with Crippen LogP contribution in [0.5, 0.6) is 0 Å². The highest BCUT2D eigenvalue weighted by Gasteiger charge is 2.20. The molecule has 1 aromatic carbocycles. The lowest BCUT2D eigenvalue weighted by molar-refractivity contribution is 0.602. The highest BCUT2D eigenvalue weighted by molar-refractivity contribution is 5.45. The topological polar surface area (TPSA) is 42.7 Å². The maximum atomic E-state index is 4.12. The molecule has 0 saturated heterocycles. The summed E-state index contributed by atoms with van der Waals surface area (Å²) in [5, 5.41) is 7.74. The molecule has 2 unspecified atom stereocenters. The summed E-state index contributed by atoms with van der Waals surface area (Å²) in [6, 6.07) is 9.28. The van der Waals surface area contributed by atoms with Crippen molar-refractivity contribution in [1.82, 2.24) is 14.8 Å². The van der Waals surface area contributed by atoms with E-state index in [0.717, 1.165) is 12.5 Å². The molecule has 0 radical (unpaired) electrons. The van der Waals surface area contributed by atoms with E-state index in [9.17, 15) is 0 Å². The fraction of sp³-hybridized carbons (Fsp3) is 0.467. The van der Waals surface area contributed by atoms with E-state index in [2.05, 4.69) is 46.6 Å². The molecule has 0 bridgehead atoms. The molecule has 100 valence electrons. The molecule has 1 aliphatic carbocycles. The molecule has 0 amide bonds. The Hall–Kier alpha value is -1.84. The smallest absolute Gasteiger partial charge is 0.137 e. The predicted octanol–water partition coefficient (Wildman–Crippen LogP) is 2.93. The molecule has 19 heavy (non-hydrogen) atoms. The van der Waals surface area contributed by atoms with Crippen LogP contribution >= 0.6 is 0 Å². The van der Waals surface area contributed by atoms with Crippen LogP contribution in [0.25, 0.3) is 0 Å². The van der Waals surface area contributed by atoms with Gasteiger partial charge in [0.25, 0.3) is 0 Å². The number of hydrogen-bond acceptors (Lipinski definition) is 3. The van der Waals surface area contributed by atoms with Gasteiger partial charge < -0.3 is 5.32 Å². The van der Waals surface area contributed by atoms with E-state index in [1.54, 1.807) is 12.7 Å². The molecule has 4 nitrogen and oxygen atoms in total. The molecule has 1 heterocycles. The Kier molecular flexibility index (Phi) is 3.49. The number of rotatable bonds is 4. The van der Waals surface area contributed by atoms with Crippen molar-refractivity contribution in [2.45, 2.75) is 38.8 Å². The van der Waals surface area contributed by atoms with Crippen LogP contribution in [0.2, 0.25) is 0 Å². The first-order chi connectivity index (χ1) is 9.29. The standard InChI is InChI=1S/C15H20N4/c1-12-2-5-15(8-12)18-14-6-3-13(4-7-14)9-19-11-16-10-17-19/h3-4,6-7,10-12,15,18H,2,5,8-9H2,1H3. The van der Waals surface area contributed by atoms with E-state index < -0.39 is 0 Å². The van der Waals surface area contributed by atoms with E-state index in [1.807, 2.05) is 4.68 Å². The monoisotopic (exact) mass is 256 g/mol. The Bertz CT molecular complexity index is 503. The van der Waals surface area contributed by atoms with Gasteiger partial charge >= 0.3 is 0 Å². The summed E-state index contributed by atoms with van der Waals surface area (Å²) in [5.74, 6) is 0.865. The molecular weight excluding hydrogens is 236 g/mol. The molecule has 1 fully saturated rings. The van der Waals surface area contributed by atoms with Gasteiger partial charge in [-0.1, -0.05) is 19.1 Å². The summed E-state index contributed by atoms with van der Waals surface area (Å²) in [6.07, 6.45) is 7.24. The summed E-state index contributed by atoms with van der Waals surface area (Å²) in [4.78, 5) is 3.95. The van der Waals surface area contributed by atoms with Gasteiger partial charge in [-0.25, -0.2) is 9.67 Å². The van der Waals surface area contributed by atoms with Crippen molar-refractivity contribution in [2.24, 2.45) is 5.92 Å². The predicted molar refractivity (Wildman–Crippen MR) is 76.0 cm³/mol. The van der Waals surface area contributed by atoms with Crippen LogP contribution in [0.15, 0.2) is 36.9 Å². The van der Waals surface area contributed by atoms with Gasteiger partial charge in [-0.2, -0.15) is 5.10 Å². The second-order valence-electron chi connectivity index (χ2n) is 5.55. The van der Waals surface area contributed by atoms with E-state index in [-0.39, 0.29) is 0 Å². The first kappa shape index (κ1) is 12.2. The number of aromatic nitrogens is 3. The summed E-state index contributed by atoms with van der Waals surface area (Å²) < 4.78 is 1.83. The third-order valence-corrected chi connectivity index (χ3v) is 3.83. The number of hydrogen-bond donors (Lipinski definition) is 1. The molecule has 2 atom stereocenters. The number of nitrogens with zero attached hydrogens (tertiary/aromatic N) is 3. The average molecular weight is 256 g/mol. The minimum Gasteiger partial charge on any atom is -0.382 e. The first-order valence-corrected chi connectivity index (χ1v) is 6.97. The molecule has 0 spiro atoms. The largest absolute Gasteiger partial charge is 0.382 e. The highest BCUT2D eigenvalue weighted by atomic mass is 15.3. The molecule has 3 rings (SSSR count). The molecule has 1 saturated carbocycles. The number of anilines is 1. The Balaban J connectivity index is 1.59. The van der Waals surface area contributed by atoms with Crippen LogP contribution in [0.4, 0.5) is 5.69 Å². The first-order valence-electron chi connectivity index (χ1n) is 6.97. The maximum Gasteiger partial charge on any atom is 0.137 e. The molecule has 4 heteroatoms. The zero-order chi connectivity index (χ0) is 13.1. The van der Waals surface area contributed by atoms with Crippen molar-refractivity contribution in [3.8, 4) is 0 Å². The summed E-state index contributed by atoms with van der Waals surface area (Å²) in [6.45, 7) is 3.11. The van der Waals surface area contributed by atoms with Crippen LogP contribution in [0.1, 0.15) is 31.7 Å². The van der Waals surface area contributed by atoms with Crippen molar-refractivity contribution < 1.29 is 0 Å². The van der Waals surface area contributed by atoms with Crippen molar-refractivity contribution in [1.29, 1.82) is 0 Å². The van der Waals surface area contributed by atoms with Crippen LogP contribution < -0.4 is 5.32 Å². The third-order valence-electron chi connectivity index (χ3n) is 3.83. The number of benzene rings is 1. The van der Waals surface area contributed by atoms with Crippen LogP contribution in [0.3, 0.4) is 0 Å². The van der Waals surface area contributed by atoms with Crippen molar-refractivity contribution in [2.75, 3.05) is 5.32 Å². The van der Waals surface area contributed by atoms with Crippen molar-refractivity contribution >= 4 is 5.69 Å². The lowest BCUT2D eigenvalue weighted by atomic mass is 10.1. The SMILES string of the molecule is CC1CCC(Nc2ccc(Cn3cncn3)cc2)C1. The Morgan fingerprint density at radius 1 is 1.26 bits per heavy atom. The molecular formula is C15H20N4. The summed E-state index contributed by atoms with van der Waals surface area (Å²) in [7, 11) is 0. The Labute approximate surface area is 113 Å². The second kappa shape index (κ2) is 5.43. The van der Waals surface area contributed by atoms with Crippen molar-refractivity contribution in [3.05, 3.63) is 42.5 Å². The van der Waals surface area contributed by atoms with Gasteiger partial charge in [0, 0.05) is 11.7 Å². The van der Waals surface area contributed by atoms with Gasteiger partial charge in [0.15, 0.2) is 0 Å². The highest BCUT2D eigenvalue weighted by Crippen LogP contribution is 2.27. The average Bonchev–Trinajstić information content (AvgIpc) is 3.04. The van der Waals surface area contributed by atoms with Gasteiger partial charge in [-0.15, -0.1) is 0 Å². The molecule has 1 aliphatic rings. The summed E-state index contributed by atoms with van der Waals surface area (Å²) >= 11 is 0. The van der Waals surface area contributed by atoms with Gasteiger partial charge in [-0.05, 0) is 42.9 Å². The molecule has 2 aromatic rings. The zero-order valence-corrected chi connectivity index (χ0v) is 11.3. The van der Waals surface area contributed by atoms with Crippen LogP contribution in [-0.2, 0) is 6.54 Å². The minimum atomic E-state index is 0.649. The zero-order valence-electron chi connectivity index (χ0n) is 11.3. The van der Waals surface area contributed by atoms with E-state index >= 15 is 0 Å². The molecule has 1 aromatic heterocycles. The van der Waals surface area contributed by atoms with E-state index in [0.29, 0.717) is 6.04 Å². The van der Waals surface area contributed by atoms with Crippen LogP contribution in [0, 0.1) is 5.92 Å². The summed E-state index contributed by atoms with van der Waals surface area (Å²) in [5.41, 5.74) is 2.47. The van der Waals surface area contributed by atoms with Crippen molar-refractivity contribution in [3.63, 3.8) is 0 Å². The fourth-order valence-electron chi connectivity index (χ4n) is 2.78. The second-order valence-corrected chi connectivity index (χ2v) is 5.55. The van der Waals surface area contributed by atoms with Crippen LogP contribution in [-0.4, -0.2) is 20.8 Å². The van der Waals surface area contributed by atoms with Gasteiger partial charge in [0.2, 0.25) is 0 Å². The lowest BCUT2D eigenvalue weighted by Crippen LogP contribution is -2.15. The van der Waals surface area contributed by atoms with E-state index in [4.69, 9.17) is 0 Å². The molecule has 1 N–H and O–H groups in total. The minimum absolute atomic E-state index is 0.649. The lowest BCUT2D eigenvalue weighted by Gasteiger charge is -2.14.